The SMILES string of the molecule is O=C(c1ccc(OCCCCCF)cc1)N1CCC[C@H]1CN1CCCC1. The molecule has 2 aliphatic rings. The van der Waals surface area contributed by atoms with Crippen molar-refractivity contribution < 1.29 is 13.9 Å². The minimum absolute atomic E-state index is 0.140. The predicted octanol–water partition coefficient (Wildman–Crippen LogP) is 3.91. The van der Waals surface area contributed by atoms with Crippen LogP contribution in [0.25, 0.3) is 0 Å². The summed E-state index contributed by atoms with van der Waals surface area (Å²) < 4.78 is 17.7. The standard InChI is InChI=1S/C21H31FN2O2/c22-12-2-1-5-16-26-20-10-8-18(9-11-20)21(25)24-15-6-7-19(24)17-23-13-3-4-14-23/h8-11,19H,1-7,12-17H2/t19-/m0/s1. The van der Waals surface area contributed by atoms with Crippen LogP contribution in [0.5, 0.6) is 5.75 Å². The number of ether oxygens (including phenoxy) is 1. The lowest BCUT2D eigenvalue weighted by Crippen LogP contribution is -2.42. The van der Waals surface area contributed by atoms with E-state index in [9.17, 15) is 9.18 Å². The molecule has 0 spiro atoms. The van der Waals surface area contributed by atoms with E-state index in [-0.39, 0.29) is 12.6 Å². The Morgan fingerprint density at radius 2 is 1.81 bits per heavy atom. The maximum Gasteiger partial charge on any atom is 0.254 e. The van der Waals surface area contributed by atoms with Crippen molar-refractivity contribution in [2.75, 3.05) is 39.5 Å². The molecule has 1 amide bonds. The molecular formula is C21H31FN2O2. The highest BCUT2D eigenvalue weighted by molar-refractivity contribution is 5.94. The topological polar surface area (TPSA) is 32.8 Å². The van der Waals surface area contributed by atoms with Gasteiger partial charge in [-0.25, -0.2) is 0 Å². The summed E-state index contributed by atoms with van der Waals surface area (Å²) in [5, 5.41) is 0. The van der Waals surface area contributed by atoms with Gasteiger partial charge in [0.05, 0.1) is 13.3 Å². The van der Waals surface area contributed by atoms with Gasteiger partial charge in [-0.2, -0.15) is 0 Å². The van der Waals surface area contributed by atoms with Crippen molar-refractivity contribution in [3.8, 4) is 5.75 Å². The number of benzene rings is 1. The van der Waals surface area contributed by atoms with Gasteiger partial charge in [-0.1, -0.05) is 0 Å². The number of unbranched alkanes of at least 4 members (excludes halogenated alkanes) is 2. The van der Waals surface area contributed by atoms with Gasteiger partial charge in [0, 0.05) is 24.7 Å². The second-order valence-electron chi connectivity index (χ2n) is 7.42. The van der Waals surface area contributed by atoms with E-state index in [4.69, 9.17) is 4.74 Å². The molecule has 1 aromatic carbocycles. The number of hydrogen-bond donors (Lipinski definition) is 0. The first kappa shape index (κ1) is 19.2. The number of nitrogens with zero attached hydrogens (tertiary/aromatic N) is 2. The Kier molecular flexibility index (Phi) is 7.30. The monoisotopic (exact) mass is 362 g/mol. The van der Waals surface area contributed by atoms with E-state index in [0.717, 1.165) is 50.1 Å². The first-order chi connectivity index (χ1) is 12.8. The molecule has 1 aromatic rings. The molecule has 2 saturated heterocycles. The van der Waals surface area contributed by atoms with Crippen LogP contribution in [0, 0.1) is 0 Å². The maximum atomic E-state index is 12.9. The minimum Gasteiger partial charge on any atom is -0.494 e. The zero-order valence-corrected chi connectivity index (χ0v) is 15.7. The number of carbonyl (C=O) groups excluding carboxylic acids is 1. The molecule has 144 valence electrons. The zero-order chi connectivity index (χ0) is 18.2. The van der Waals surface area contributed by atoms with Crippen LogP contribution in [0.1, 0.15) is 55.3 Å². The van der Waals surface area contributed by atoms with E-state index in [1.165, 1.54) is 25.9 Å². The van der Waals surface area contributed by atoms with Gasteiger partial charge in [-0.15, -0.1) is 0 Å². The molecule has 2 aliphatic heterocycles. The van der Waals surface area contributed by atoms with Crippen molar-refractivity contribution in [2.24, 2.45) is 0 Å². The van der Waals surface area contributed by atoms with Gasteiger partial charge in [-0.3, -0.25) is 9.18 Å². The first-order valence-corrected chi connectivity index (χ1v) is 10.1. The summed E-state index contributed by atoms with van der Waals surface area (Å²) in [6.07, 6.45) is 7.10. The largest absolute Gasteiger partial charge is 0.494 e. The fourth-order valence-corrected chi connectivity index (χ4v) is 3.98. The lowest BCUT2D eigenvalue weighted by atomic mass is 10.1. The molecule has 0 bridgehead atoms. The van der Waals surface area contributed by atoms with E-state index in [1.807, 2.05) is 24.3 Å². The van der Waals surface area contributed by atoms with Crippen LogP contribution in [0.3, 0.4) is 0 Å². The summed E-state index contributed by atoms with van der Waals surface area (Å²) in [5.74, 6) is 0.915. The average molecular weight is 362 g/mol. The van der Waals surface area contributed by atoms with Crippen LogP contribution < -0.4 is 4.74 Å². The molecule has 0 unspecified atom stereocenters. The smallest absolute Gasteiger partial charge is 0.254 e. The Morgan fingerprint density at radius 3 is 2.54 bits per heavy atom. The Hall–Kier alpha value is -1.62. The third-order valence-corrected chi connectivity index (χ3v) is 5.45. The minimum atomic E-state index is -0.258. The Balaban J connectivity index is 1.50. The molecule has 0 aliphatic carbocycles. The van der Waals surface area contributed by atoms with Crippen LogP contribution in [0.2, 0.25) is 0 Å². The summed E-state index contributed by atoms with van der Waals surface area (Å²) in [7, 11) is 0. The molecule has 26 heavy (non-hydrogen) atoms. The molecule has 3 rings (SSSR count). The maximum absolute atomic E-state index is 12.9. The molecule has 5 heteroatoms. The van der Waals surface area contributed by atoms with Crippen LogP contribution in [0.15, 0.2) is 24.3 Å². The molecule has 0 aromatic heterocycles. The summed E-state index contributed by atoms with van der Waals surface area (Å²) >= 11 is 0. The van der Waals surface area contributed by atoms with Crippen molar-refractivity contribution >= 4 is 5.91 Å². The van der Waals surface area contributed by atoms with Gasteiger partial charge in [0.1, 0.15) is 5.75 Å². The van der Waals surface area contributed by atoms with Crippen molar-refractivity contribution in [1.82, 2.24) is 9.80 Å². The van der Waals surface area contributed by atoms with Crippen molar-refractivity contribution in [3.05, 3.63) is 29.8 Å². The number of rotatable bonds is 9. The predicted molar refractivity (Wildman–Crippen MR) is 101 cm³/mol. The van der Waals surface area contributed by atoms with E-state index in [0.29, 0.717) is 19.1 Å². The number of carbonyl (C=O) groups is 1. The summed E-state index contributed by atoms with van der Waals surface area (Å²) in [6.45, 7) is 4.57. The van der Waals surface area contributed by atoms with Crippen LogP contribution in [-0.2, 0) is 0 Å². The van der Waals surface area contributed by atoms with Gasteiger partial charge in [-0.05, 0) is 82.3 Å². The molecule has 0 radical (unpaired) electrons. The Labute approximate surface area is 156 Å². The van der Waals surface area contributed by atoms with Crippen molar-refractivity contribution in [1.29, 1.82) is 0 Å². The zero-order valence-electron chi connectivity index (χ0n) is 15.7. The number of amides is 1. The Bertz CT molecular complexity index is 558. The molecule has 4 nitrogen and oxygen atoms in total. The third kappa shape index (κ3) is 5.19. The van der Waals surface area contributed by atoms with E-state index in [1.54, 1.807) is 0 Å². The first-order valence-electron chi connectivity index (χ1n) is 10.1. The lowest BCUT2D eigenvalue weighted by molar-refractivity contribution is 0.0708. The second kappa shape index (κ2) is 9.91. The van der Waals surface area contributed by atoms with Crippen LogP contribution in [-0.4, -0.2) is 61.2 Å². The van der Waals surface area contributed by atoms with Gasteiger partial charge >= 0.3 is 0 Å². The summed E-state index contributed by atoms with van der Waals surface area (Å²) in [5.41, 5.74) is 0.739. The highest BCUT2D eigenvalue weighted by Gasteiger charge is 2.31. The van der Waals surface area contributed by atoms with E-state index < -0.39 is 0 Å². The van der Waals surface area contributed by atoms with Gasteiger partial charge < -0.3 is 14.5 Å². The normalized spacial score (nSPS) is 20.7. The average Bonchev–Trinajstić information content (AvgIpc) is 3.34. The third-order valence-electron chi connectivity index (χ3n) is 5.45. The van der Waals surface area contributed by atoms with Gasteiger partial charge in [0.25, 0.3) is 5.91 Å². The van der Waals surface area contributed by atoms with Gasteiger partial charge in [0.2, 0.25) is 0 Å². The molecule has 0 saturated carbocycles. The molecule has 2 heterocycles. The molecule has 0 N–H and O–H groups in total. The molecular weight excluding hydrogens is 331 g/mol. The molecule has 1 atom stereocenters. The lowest BCUT2D eigenvalue weighted by Gasteiger charge is -2.28. The Morgan fingerprint density at radius 1 is 1.04 bits per heavy atom. The quantitative estimate of drug-likeness (QED) is 0.625. The van der Waals surface area contributed by atoms with Crippen molar-refractivity contribution in [3.63, 3.8) is 0 Å². The number of hydrogen-bond acceptors (Lipinski definition) is 3. The number of halogens is 1. The molecule has 2 fully saturated rings. The number of likely N-dealkylation sites (tertiary alicyclic amines) is 2. The van der Waals surface area contributed by atoms with Crippen molar-refractivity contribution in [2.45, 2.75) is 51.0 Å². The summed E-state index contributed by atoms with van der Waals surface area (Å²) in [4.78, 5) is 17.5. The highest BCUT2D eigenvalue weighted by Crippen LogP contribution is 2.23. The van der Waals surface area contributed by atoms with Crippen LogP contribution >= 0.6 is 0 Å². The van der Waals surface area contributed by atoms with E-state index >= 15 is 0 Å². The van der Waals surface area contributed by atoms with Gasteiger partial charge in [0.15, 0.2) is 0 Å². The van der Waals surface area contributed by atoms with Crippen LogP contribution in [0.4, 0.5) is 4.39 Å². The highest BCUT2D eigenvalue weighted by atomic mass is 19.1. The number of alkyl halides is 1. The fourth-order valence-electron chi connectivity index (χ4n) is 3.98. The van der Waals surface area contributed by atoms with E-state index in [2.05, 4.69) is 9.80 Å². The second-order valence-corrected chi connectivity index (χ2v) is 7.42. The fraction of sp³-hybridized carbons (Fsp3) is 0.667. The summed E-state index contributed by atoms with van der Waals surface area (Å²) in [6, 6.07) is 7.82.